The molecule has 1 aliphatic carbocycles. The number of aromatic amines is 1. The highest BCUT2D eigenvalue weighted by molar-refractivity contribution is 5.98. The number of ether oxygens (including phenoxy) is 2. The summed E-state index contributed by atoms with van der Waals surface area (Å²) in [4.78, 5) is 18.3. The number of aromatic nitrogens is 1. The van der Waals surface area contributed by atoms with Gasteiger partial charge in [-0.25, -0.2) is 0 Å². The number of benzene rings is 2. The van der Waals surface area contributed by atoms with Crippen LogP contribution in [0.1, 0.15) is 28.9 Å². The Hall–Kier alpha value is -2.95. The first kappa shape index (κ1) is 16.5. The lowest BCUT2D eigenvalue weighted by atomic mass is 10.2. The molecule has 1 fully saturated rings. The van der Waals surface area contributed by atoms with Crippen molar-refractivity contribution in [2.75, 3.05) is 14.2 Å². The predicted octanol–water partition coefficient (Wildman–Crippen LogP) is 3.99. The van der Waals surface area contributed by atoms with Gasteiger partial charge in [0.15, 0.2) is 0 Å². The highest BCUT2D eigenvalue weighted by atomic mass is 16.5. The third-order valence-corrected chi connectivity index (χ3v) is 4.82. The quantitative estimate of drug-likeness (QED) is 0.731. The van der Waals surface area contributed by atoms with Crippen molar-refractivity contribution in [3.63, 3.8) is 0 Å². The summed E-state index contributed by atoms with van der Waals surface area (Å²) in [7, 11) is 3.29. The van der Waals surface area contributed by atoms with Gasteiger partial charge in [-0.05, 0) is 48.7 Å². The van der Waals surface area contributed by atoms with Crippen molar-refractivity contribution < 1.29 is 14.3 Å². The van der Waals surface area contributed by atoms with Crippen LogP contribution in [-0.2, 0) is 6.54 Å². The van der Waals surface area contributed by atoms with Crippen LogP contribution in [-0.4, -0.2) is 36.1 Å². The molecule has 3 aromatic rings. The maximum Gasteiger partial charge on any atom is 0.270 e. The fourth-order valence-corrected chi connectivity index (χ4v) is 3.18. The van der Waals surface area contributed by atoms with E-state index in [1.165, 1.54) is 0 Å². The summed E-state index contributed by atoms with van der Waals surface area (Å²) in [5, 5.41) is 1.01. The van der Waals surface area contributed by atoms with E-state index in [0.29, 0.717) is 18.3 Å². The van der Waals surface area contributed by atoms with Gasteiger partial charge < -0.3 is 19.4 Å². The zero-order valence-corrected chi connectivity index (χ0v) is 15.0. The van der Waals surface area contributed by atoms with Crippen molar-refractivity contribution in [1.82, 2.24) is 9.88 Å². The number of nitrogens with zero attached hydrogens (tertiary/aromatic N) is 1. The first-order valence-electron chi connectivity index (χ1n) is 8.78. The molecule has 26 heavy (non-hydrogen) atoms. The van der Waals surface area contributed by atoms with Crippen molar-refractivity contribution in [2.45, 2.75) is 25.4 Å². The molecule has 134 valence electrons. The summed E-state index contributed by atoms with van der Waals surface area (Å²) in [5.41, 5.74) is 2.63. The molecule has 0 bridgehead atoms. The van der Waals surface area contributed by atoms with Gasteiger partial charge in [0.1, 0.15) is 17.2 Å². The fraction of sp³-hybridized carbons (Fsp3) is 0.286. The minimum Gasteiger partial charge on any atom is -0.497 e. The van der Waals surface area contributed by atoms with E-state index >= 15 is 0 Å². The van der Waals surface area contributed by atoms with E-state index in [1.807, 2.05) is 53.4 Å². The number of nitrogens with one attached hydrogen (secondary N) is 1. The molecule has 0 saturated heterocycles. The molecular formula is C21H22N2O3. The second kappa shape index (κ2) is 6.75. The van der Waals surface area contributed by atoms with Crippen LogP contribution in [0.15, 0.2) is 48.5 Å². The van der Waals surface area contributed by atoms with Crippen LogP contribution in [0.25, 0.3) is 10.9 Å². The van der Waals surface area contributed by atoms with Crippen LogP contribution in [0.3, 0.4) is 0 Å². The normalized spacial score (nSPS) is 13.6. The summed E-state index contributed by atoms with van der Waals surface area (Å²) in [6, 6.07) is 15.9. The van der Waals surface area contributed by atoms with Crippen LogP contribution in [0, 0.1) is 0 Å². The lowest BCUT2D eigenvalue weighted by molar-refractivity contribution is 0.0725. The number of rotatable bonds is 6. The number of hydrogen-bond donors (Lipinski definition) is 1. The molecule has 1 heterocycles. The number of carbonyl (C=O) groups excluding carboxylic acids is 1. The summed E-state index contributed by atoms with van der Waals surface area (Å²) in [6.45, 7) is 0.603. The largest absolute Gasteiger partial charge is 0.497 e. The lowest BCUT2D eigenvalue weighted by Gasteiger charge is -2.22. The van der Waals surface area contributed by atoms with Crippen LogP contribution in [0.5, 0.6) is 11.5 Å². The monoisotopic (exact) mass is 350 g/mol. The Morgan fingerprint density at radius 1 is 1.04 bits per heavy atom. The summed E-state index contributed by atoms with van der Waals surface area (Å²) < 4.78 is 10.5. The molecule has 1 saturated carbocycles. The van der Waals surface area contributed by atoms with Gasteiger partial charge in [0.2, 0.25) is 0 Å². The van der Waals surface area contributed by atoms with E-state index in [2.05, 4.69) is 4.98 Å². The maximum atomic E-state index is 13.1. The average Bonchev–Trinajstić information content (AvgIpc) is 3.43. The Morgan fingerprint density at radius 2 is 1.73 bits per heavy atom. The van der Waals surface area contributed by atoms with E-state index in [9.17, 15) is 4.79 Å². The minimum absolute atomic E-state index is 0.0403. The minimum atomic E-state index is 0.0403. The number of hydrogen-bond acceptors (Lipinski definition) is 3. The molecule has 1 N–H and O–H groups in total. The molecule has 5 heteroatoms. The fourth-order valence-electron chi connectivity index (χ4n) is 3.18. The molecule has 5 nitrogen and oxygen atoms in total. The van der Waals surface area contributed by atoms with Crippen molar-refractivity contribution in [3.8, 4) is 11.5 Å². The Labute approximate surface area is 152 Å². The zero-order valence-electron chi connectivity index (χ0n) is 15.0. The molecule has 4 rings (SSSR count). The highest BCUT2D eigenvalue weighted by Crippen LogP contribution is 2.31. The topological polar surface area (TPSA) is 54.6 Å². The van der Waals surface area contributed by atoms with Crippen LogP contribution in [0.2, 0.25) is 0 Å². The third-order valence-electron chi connectivity index (χ3n) is 4.82. The number of fused-ring (bicyclic) bond motifs is 1. The molecule has 1 amide bonds. The maximum absolute atomic E-state index is 13.1. The molecule has 2 aromatic carbocycles. The second-order valence-electron chi connectivity index (χ2n) is 6.65. The van der Waals surface area contributed by atoms with E-state index < -0.39 is 0 Å². The molecular weight excluding hydrogens is 328 g/mol. The Bertz CT molecular complexity index is 926. The van der Waals surface area contributed by atoms with E-state index in [4.69, 9.17) is 9.47 Å². The van der Waals surface area contributed by atoms with Gasteiger partial charge >= 0.3 is 0 Å². The average molecular weight is 350 g/mol. The molecule has 0 spiro atoms. The Morgan fingerprint density at radius 3 is 2.38 bits per heavy atom. The van der Waals surface area contributed by atoms with E-state index in [-0.39, 0.29) is 5.91 Å². The SMILES string of the molecule is COc1ccc(CN(C(=O)c2cc3ccc(OC)cc3[nH]2)C2CC2)cc1. The first-order chi connectivity index (χ1) is 12.7. The van der Waals surface area contributed by atoms with Crippen molar-refractivity contribution in [3.05, 3.63) is 59.8 Å². The molecule has 0 unspecified atom stereocenters. The van der Waals surface area contributed by atoms with Crippen LogP contribution >= 0.6 is 0 Å². The third kappa shape index (κ3) is 3.25. The summed E-state index contributed by atoms with van der Waals surface area (Å²) in [5.74, 6) is 1.64. The van der Waals surface area contributed by atoms with Gasteiger partial charge in [-0.1, -0.05) is 12.1 Å². The van der Waals surface area contributed by atoms with Crippen molar-refractivity contribution >= 4 is 16.8 Å². The lowest BCUT2D eigenvalue weighted by Crippen LogP contribution is -2.32. The number of amides is 1. The molecule has 1 aliphatic rings. The Kier molecular flexibility index (Phi) is 4.29. The molecule has 1 aromatic heterocycles. The summed E-state index contributed by atoms with van der Waals surface area (Å²) >= 11 is 0. The smallest absolute Gasteiger partial charge is 0.270 e. The zero-order chi connectivity index (χ0) is 18.1. The van der Waals surface area contributed by atoms with Gasteiger partial charge in [0.05, 0.1) is 14.2 Å². The highest BCUT2D eigenvalue weighted by Gasteiger charge is 2.33. The van der Waals surface area contributed by atoms with E-state index in [1.54, 1.807) is 14.2 Å². The first-order valence-corrected chi connectivity index (χ1v) is 8.78. The van der Waals surface area contributed by atoms with Gasteiger partial charge in [0.25, 0.3) is 5.91 Å². The number of H-pyrrole nitrogens is 1. The number of methoxy groups -OCH3 is 2. The van der Waals surface area contributed by atoms with Gasteiger partial charge in [-0.15, -0.1) is 0 Å². The van der Waals surface area contributed by atoms with Crippen LogP contribution in [0.4, 0.5) is 0 Å². The van der Waals surface area contributed by atoms with E-state index in [0.717, 1.165) is 40.8 Å². The predicted molar refractivity (Wildman–Crippen MR) is 101 cm³/mol. The van der Waals surface area contributed by atoms with Crippen LogP contribution < -0.4 is 9.47 Å². The van der Waals surface area contributed by atoms with Gasteiger partial charge in [-0.3, -0.25) is 4.79 Å². The Balaban J connectivity index is 1.58. The van der Waals surface area contributed by atoms with Gasteiger partial charge in [0, 0.05) is 29.6 Å². The van der Waals surface area contributed by atoms with Crippen molar-refractivity contribution in [2.24, 2.45) is 0 Å². The molecule has 0 radical (unpaired) electrons. The van der Waals surface area contributed by atoms with Crippen molar-refractivity contribution in [1.29, 1.82) is 0 Å². The van der Waals surface area contributed by atoms with Gasteiger partial charge in [-0.2, -0.15) is 0 Å². The molecule has 0 aliphatic heterocycles. The standard InChI is InChI=1S/C21H22N2O3/c1-25-17-8-3-14(4-9-17)13-23(16-6-7-16)21(24)20-11-15-5-10-18(26-2)12-19(15)22-20/h3-5,8-12,16,22H,6-7,13H2,1-2H3. The number of carbonyl (C=O) groups is 1. The summed E-state index contributed by atoms with van der Waals surface area (Å²) in [6.07, 6.45) is 2.13. The molecule has 0 atom stereocenters. The second-order valence-corrected chi connectivity index (χ2v) is 6.65.